The Morgan fingerprint density at radius 2 is 2.16 bits per heavy atom. The second-order valence-electron chi connectivity index (χ2n) is 4.98. The van der Waals surface area contributed by atoms with Gasteiger partial charge in [0.1, 0.15) is 0 Å². The summed E-state index contributed by atoms with van der Waals surface area (Å²) in [5.74, 6) is 0. The van der Waals surface area contributed by atoms with E-state index in [0.29, 0.717) is 6.42 Å². The molecule has 19 heavy (non-hydrogen) atoms. The molecule has 0 fully saturated rings. The maximum Gasteiger partial charge on any atom is 0.0932 e. The van der Waals surface area contributed by atoms with Gasteiger partial charge in [-0.1, -0.05) is 12.1 Å². The molecule has 0 N–H and O–H groups in total. The quantitative estimate of drug-likeness (QED) is 0.781. The molecule has 3 heteroatoms. The number of unbranched alkanes of at least 4 members (excludes halogenated alkanes) is 1. The highest BCUT2D eigenvalue weighted by molar-refractivity contribution is 7.09. The van der Waals surface area contributed by atoms with E-state index < -0.39 is 0 Å². The fourth-order valence-corrected chi connectivity index (χ4v) is 3.46. The van der Waals surface area contributed by atoms with Crippen molar-refractivity contribution in [3.05, 3.63) is 39.7 Å². The zero-order chi connectivity index (χ0) is 13.1. The van der Waals surface area contributed by atoms with Crippen LogP contribution in [0.3, 0.4) is 0 Å². The van der Waals surface area contributed by atoms with Crippen molar-refractivity contribution in [1.29, 1.82) is 5.26 Å². The van der Waals surface area contributed by atoms with Crippen molar-refractivity contribution in [2.24, 2.45) is 0 Å². The zero-order valence-corrected chi connectivity index (χ0v) is 11.7. The fourth-order valence-electron chi connectivity index (χ4n) is 2.61. The van der Waals surface area contributed by atoms with Crippen molar-refractivity contribution < 1.29 is 0 Å². The van der Waals surface area contributed by atoms with Gasteiger partial charge in [-0.25, -0.2) is 4.98 Å². The predicted molar refractivity (Wildman–Crippen MR) is 78.1 cm³/mol. The van der Waals surface area contributed by atoms with Crippen molar-refractivity contribution in [3.8, 4) is 17.3 Å². The van der Waals surface area contributed by atoms with E-state index in [1.807, 2.05) is 0 Å². The highest BCUT2D eigenvalue weighted by Gasteiger charge is 2.12. The van der Waals surface area contributed by atoms with Gasteiger partial charge < -0.3 is 0 Å². The number of benzene rings is 1. The Morgan fingerprint density at radius 1 is 1.26 bits per heavy atom. The lowest BCUT2D eigenvalue weighted by Crippen LogP contribution is -1.87. The van der Waals surface area contributed by atoms with Crippen molar-refractivity contribution in [2.45, 2.75) is 38.5 Å². The molecule has 0 atom stereocenters. The third-order valence-electron chi connectivity index (χ3n) is 3.63. The number of aromatic nitrogens is 1. The molecule has 0 saturated carbocycles. The maximum atomic E-state index is 8.55. The van der Waals surface area contributed by atoms with Crippen molar-refractivity contribution in [2.75, 3.05) is 0 Å². The third kappa shape index (κ3) is 2.69. The summed E-state index contributed by atoms with van der Waals surface area (Å²) in [6, 6.07) is 8.93. The van der Waals surface area contributed by atoms with Gasteiger partial charge in [-0.2, -0.15) is 5.26 Å². The van der Waals surface area contributed by atoms with Gasteiger partial charge in [0.25, 0.3) is 0 Å². The Labute approximate surface area is 117 Å². The normalized spacial score (nSPS) is 13.2. The summed E-state index contributed by atoms with van der Waals surface area (Å²) in [6.07, 6.45) is 6.17. The van der Waals surface area contributed by atoms with E-state index in [1.54, 1.807) is 11.3 Å². The van der Waals surface area contributed by atoms with Crippen LogP contribution in [0.2, 0.25) is 0 Å². The number of fused-ring (bicyclic) bond motifs is 1. The molecule has 1 heterocycles. The summed E-state index contributed by atoms with van der Waals surface area (Å²) in [6.45, 7) is 0. The number of thiazole rings is 1. The molecular formula is C16H16N2S. The highest BCUT2D eigenvalue weighted by Crippen LogP contribution is 2.29. The molecule has 1 aromatic carbocycles. The second-order valence-corrected chi connectivity index (χ2v) is 5.92. The molecule has 0 radical (unpaired) electrons. The van der Waals surface area contributed by atoms with Crippen LogP contribution in [-0.2, 0) is 19.3 Å². The van der Waals surface area contributed by atoms with Crippen LogP contribution in [0, 0.1) is 11.3 Å². The summed E-state index contributed by atoms with van der Waals surface area (Å²) in [4.78, 5) is 4.69. The molecule has 2 nitrogen and oxygen atoms in total. The van der Waals surface area contributed by atoms with E-state index in [4.69, 9.17) is 5.26 Å². The first-order chi connectivity index (χ1) is 9.36. The van der Waals surface area contributed by atoms with Crippen molar-refractivity contribution >= 4 is 11.3 Å². The number of hydrogen-bond donors (Lipinski definition) is 0. The van der Waals surface area contributed by atoms with Gasteiger partial charge in [-0.05, 0) is 42.9 Å². The number of hydrogen-bond acceptors (Lipinski definition) is 3. The Hall–Kier alpha value is -1.66. The van der Waals surface area contributed by atoms with Crippen molar-refractivity contribution in [3.63, 3.8) is 0 Å². The Morgan fingerprint density at radius 3 is 3.05 bits per heavy atom. The lowest BCUT2D eigenvalue weighted by molar-refractivity contribution is 0.843. The van der Waals surface area contributed by atoms with Crippen LogP contribution < -0.4 is 0 Å². The molecule has 0 bridgehead atoms. The first kappa shape index (κ1) is 12.4. The van der Waals surface area contributed by atoms with E-state index in [9.17, 15) is 0 Å². The first-order valence-electron chi connectivity index (χ1n) is 6.80. The summed E-state index contributed by atoms with van der Waals surface area (Å²) < 4.78 is 0. The standard InChI is InChI=1S/C16H16N2S/c17-9-2-1-6-16-18-15(11-19-16)14-8-7-12-4-3-5-13(12)10-14/h7-8,10-11H,1-6H2. The van der Waals surface area contributed by atoms with E-state index in [0.717, 1.165) is 23.5 Å². The minimum Gasteiger partial charge on any atom is -0.241 e. The summed E-state index contributed by atoms with van der Waals surface area (Å²) in [5, 5.41) is 11.8. The van der Waals surface area contributed by atoms with Crippen molar-refractivity contribution in [1.82, 2.24) is 4.98 Å². The lowest BCUT2D eigenvalue weighted by Gasteiger charge is -2.02. The maximum absolute atomic E-state index is 8.55. The second kappa shape index (κ2) is 5.54. The van der Waals surface area contributed by atoms with Crippen LogP contribution in [-0.4, -0.2) is 4.98 Å². The molecule has 0 amide bonds. The molecular weight excluding hydrogens is 252 g/mol. The molecule has 1 aliphatic carbocycles. The lowest BCUT2D eigenvalue weighted by atomic mass is 10.1. The van der Waals surface area contributed by atoms with E-state index in [1.165, 1.54) is 36.0 Å². The van der Waals surface area contributed by atoms with Crippen LogP contribution in [0.15, 0.2) is 23.6 Å². The number of rotatable bonds is 4. The van der Waals surface area contributed by atoms with Gasteiger partial charge >= 0.3 is 0 Å². The molecule has 96 valence electrons. The third-order valence-corrected chi connectivity index (χ3v) is 4.53. The summed E-state index contributed by atoms with van der Waals surface area (Å²) in [7, 11) is 0. The number of nitrogens with zero attached hydrogens (tertiary/aromatic N) is 2. The highest BCUT2D eigenvalue weighted by atomic mass is 32.1. The fraction of sp³-hybridized carbons (Fsp3) is 0.375. The molecule has 1 aromatic heterocycles. The van der Waals surface area contributed by atoms with E-state index in [-0.39, 0.29) is 0 Å². The van der Waals surface area contributed by atoms with Crippen LogP contribution in [0.25, 0.3) is 11.3 Å². The Balaban J connectivity index is 1.77. The van der Waals surface area contributed by atoms with Crippen LogP contribution in [0.5, 0.6) is 0 Å². The average Bonchev–Trinajstić information content (AvgIpc) is 3.06. The molecule has 0 aliphatic heterocycles. The molecule has 0 spiro atoms. The first-order valence-corrected chi connectivity index (χ1v) is 7.68. The topological polar surface area (TPSA) is 36.7 Å². The van der Waals surface area contributed by atoms with Gasteiger partial charge in [0.15, 0.2) is 0 Å². The minimum atomic E-state index is 0.619. The van der Waals surface area contributed by atoms with Crippen LogP contribution >= 0.6 is 11.3 Å². The van der Waals surface area contributed by atoms with Gasteiger partial charge in [0, 0.05) is 23.8 Å². The minimum absolute atomic E-state index is 0.619. The SMILES string of the molecule is N#CCCCc1nc(-c2ccc3c(c2)CCC3)cs1. The molecule has 1 aliphatic rings. The van der Waals surface area contributed by atoms with E-state index >= 15 is 0 Å². The summed E-state index contributed by atoms with van der Waals surface area (Å²) >= 11 is 1.71. The van der Waals surface area contributed by atoms with Gasteiger partial charge in [-0.3, -0.25) is 0 Å². The molecule has 0 unspecified atom stereocenters. The van der Waals surface area contributed by atoms with Gasteiger partial charge in [0.05, 0.1) is 16.8 Å². The zero-order valence-electron chi connectivity index (χ0n) is 10.9. The van der Waals surface area contributed by atoms with Gasteiger partial charge in [0.2, 0.25) is 0 Å². The summed E-state index contributed by atoms with van der Waals surface area (Å²) in [5.41, 5.74) is 5.33. The molecule has 0 saturated heterocycles. The largest absolute Gasteiger partial charge is 0.241 e. The average molecular weight is 268 g/mol. The predicted octanol–water partition coefficient (Wildman–Crippen LogP) is 4.15. The number of nitriles is 1. The monoisotopic (exact) mass is 268 g/mol. The Bertz CT molecular complexity index is 622. The Kier molecular flexibility index (Phi) is 3.61. The number of aryl methyl sites for hydroxylation is 3. The van der Waals surface area contributed by atoms with E-state index in [2.05, 4.69) is 34.6 Å². The van der Waals surface area contributed by atoms with Gasteiger partial charge in [-0.15, -0.1) is 11.3 Å². The molecule has 2 aromatic rings. The smallest absolute Gasteiger partial charge is 0.0932 e. The van der Waals surface area contributed by atoms with Crippen LogP contribution in [0.1, 0.15) is 35.4 Å². The molecule has 3 rings (SSSR count). The van der Waals surface area contributed by atoms with Crippen LogP contribution in [0.4, 0.5) is 0 Å².